The Morgan fingerprint density at radius 1 is 0.891 bits per heavy atom. The summed E-state index contributed by atoms with van der Waals surface area (Å²) in [5.41, 5.74) is 2.00. The molecule has 2 aliphatic rings. The summed E-state index contributed by atoms with van der Waals surface area (Å²) in [7, 11) is 1.32. The van der Waals surface area contributed by atoms with Crippen molar-refractivity contribution in [2.45, 2.75) is 154 Å². The molecule has 46 heavy (non-hydrogen) atoms. The van der Waals surface area contributed by atoms with Crippen molar-refractivity contribution in [2.24, 2.45) is 5.92 Å². The molecule has 1 N–H and O–H groups in total. The Kier molecular flexibility index (Phi) is 16.3. The van der Waals surface area contributed by atoms with Crippen molar-refractivity contribution in [1.82, 2.24) is 0 Å². The highest BCUT2D eigenvalue weighted by atomic mass is 16.6. The number of hydrogen-bond donors (Lipinski definition) is 1. The zero-order chi connectivity index (χ0) is 33.5. The van der Waals surface area contributed by atoms with E-state index in [1.54, 1.807) is 12.1 Å². The summed E-state index contributed by atoms with van der Waals surface area (Å²) < 4.78 is 23.3. The Bertz CT molecular complexity index is 1160. The van der Waals surface area contributed by atoms with Crippen LogP contribution in [-0.4, -0.2) is 49.1 Å². The molecule has 4 bridgehead atoms. The minimum absolute atomic E-state index is 0.204. The molecular weight excluding hydrogens is 580 g/mol. The number of unbranched alkanes of at least 4 members (excludes halogenated alkanes) is 15. The van der Waals surface area contributed by atoms with Crippen LogP contribution in [0.2, 0.25) is 0 Å². The fourth-order valence-electron chi connectivity index (χ4n) is 6.80. The number of rotatable bonds is 21. The van der Waals surface area contributed by atoms with Gasteiger partial charge in [-0.3, -0.25) is 0 Å². The van der Waals surface area contributed by atoms with E-state index in [-0.39, 0.29) is 12.0 Å². The summed E-state index contributed by atoms with van der Waals surface area (Å²) in [5, 5.41) is 11.7. The number of carbonyl (C=O) groups excluding carboxylic acids is 2. The maximum Gasteiger partial charge on any atom is 0.341 e. The normalized spacial score (nSPS) is 22.6. The lowest BCUT2D eigenvalue weighted by molar-refractivity contribution is -0.143. The molecule has 7 heteroatoms. The highest BCUT2D eigenvalue weighted by Gasteiger charge is 2.44. The van der Waals surface area contributed by atoms with Crippen LogP contribution in [-0.2, 0) is 25.4 Å². The lowest BCUT2D eigenvalue weighted by atomic mass is 9.84. The number of fused-ring (bicyclic) bond motifs is 3. The molecule has 0 aromatic carbocycles. The van der Waals surface area contributed by atoms with Gasteiger partial charge >= 0.3 is 11.9 Å². The quantitative estimate of drug-likeness (QED) is 0.0813. The monoisotopic (exact) mass is 640 g/mol. The summed E-state index contributed by atoms with van der Waals surface area (Å²) in [6.45, 7) is 14.6. The molecule has 3 rings (SSSR count). The number of carbonyl (C=O) groups is 2. The van der Waals surface area contributed by atoms with E-state index >= 15 is 0 Å². The van der Waals surface area contributed by atoms with Gasteiger partial charge in [0.2, 0.25) is 0 Å². The fraction of sp³-hybridized carbons (Fsp3) is 0.692. The van der Waals surface area contributed by atoms with Crippen LogP contribution in [0.1, 0.15) is 151 Å². The summed E-state index contributed by atoms with van der Waals surface area (Å²) in [4.78, 5) is 25.9. The van der Waals surface area contributed by atoms with Gasteiger partial charge in [-0.1, -0.05) is 128 Å². The van der Waals surface area contributed by atoms with Crippen molar-refractivity contribution >= 4 is 11.9 Å². The Balaban J connectivity index is 1.52. The number of hydrogen-bond acceptors (Lipinski definition) is 7. The van der Waals surface area contributed by atoms with Crippen molar-refractivity contribution in [3.63, 3.8) is 0 Å². The molecule has 0 unspecified atom stereocenters. The zero-order valence-corrected chi connectivity index (χ0v) is 29.1. The third-order valence-electron chi connectivity index (χ3n) is 9.58. The molecule has 3 heterocycles. The molecule has 0 radical (unpaired) electrons. The average Bonchev–Trinajstić information content (AvgIpc) is 3.60. The van der Waals surface area contributed by atoms with Gasteiger partial charge in [-0.2, -0.15) is 0 Å². The van der Waals surface area contributed by atoms with Gasteiger partial charge in [0.25, 0.3) is 0 Å². The minimum atomic E-state index is -1.10. The maximum absolute atomic E-state index is 13.2. The lowest BCUT2D eigenvalue weighted by Crippen LogP contribution is -2.40. The molecule has 1 aromatic heterocycles. The standard InChI is InChI=1S/C39H60O7/c1-7-8-9-10-11-12-13-14-15-16-17-18-19-20-21-22-23-44-37-31-26-34(46-39(31)42)35(28(4)5)33-25-30(38(41)43-6)32(45-33)24-29(27(2)3)36(37)40/h25-26,29,34-37,40H,2,4,7-24H2,1,3,5-6H3/t29-,34-,35+,36-,37-/m1/s1. The van der Waals surface area contributed by atoms with Gasteiger partial charge in [0.05, 0.1) is 24.7 Å². The van der Waals surface area contributed by atoms with Crippen LogP contribution >= 0.6 is 0 Å². The van der Waals surface area contributed by atoms with Crippen molar-refractivity contribution in [3.8, 4) is 0 Å². The van der Waals surface area contributed by atoms with Crippen molar-refractivity contribution in [2.75, 3.05) is 13.7 Å². The molecule has 0 fully saturated rings. The maximum atomic E-state index is 13.2. The van der Waals surface area contributed by atoms with E-state index in [1.807, 2.05) is 13.8 Å². The minimum Gasteiger partial charge on any atom is -0.465 e. The number of esters is 2. The Morgan fingerprint density at radius 3 is 1.93 bits per heavy atom. The molecule has 0 saturated carbocycles. The number of methoxy groups -OCH3 is 1. The molecule has 0 spiro atoms. The SMILES string of the molecule is C=C(C)[C@H]1Cc2oc(cc2C(=O)OC)[C@H](C(=C)C)[C@H]2C=C(C(=O)O2)[C@@H](OCCCCCCCCCCCCCCCCCC)[C@@H]1O. The number of aliphatic hydroxyl groups is 1. The highest BCUT2D eigenvalue weighted by molar-refractivity contribution is 5.93. The third kappa shape index (κ3) is 11.0. The van der Waals surface area contributed by atoms with Crippen LogP contribution in [0, 0.1) is 5.92 Å². The lowest BCUT2D eigenvalue weighted by Gasteiger charge is -2.30. The van der Waals surface area contributed by atoms with E-state index in [2.05, 4.69) is 20.1 Å². The average molecular weight is 641 g/mol. The predicted octanol–water partition coefficient (Wildman–Crippen LogP) is 9.33. The molecule has 2 aliphatic heterocycles. The van der Waals surface area contributed by atoms with Crippen molar-refractivity contribution < 1.29 is 33.3 Å². The van der Waals surface area contributed by atoms with E-state index in [1.165, 1.54) is 90.6 Å². The highest BCUT2D eigenvalue weighted by Crippen LogP contribution is 2.40. The van der Waals surface area contributed by atoms with Crippen LogP contribution in [0.5, 0.6) is 0 Å². The summed E-state index contributed by atoms with van der Waals surface area (Å²) >= 11 is 0. The predicted molar refractivity (Wildman–Crippen MR) is 183 cm³/mol. The Morgan fingerprint density at radius 2 is 1.43 bits per heavy atom. The van der Waals surface area contributed by atoms with Crippen molar-refractivity contribution in [3.05, 3.63) is 59.1 Å². The topological polar surface area (TPSA) is 95.2 Å². The Hall–Kier alpha value is -2.64. The van der Waals surface area contributed by atoms with Crippen LogP contribution in [0.3, 0.4) is 0 Å². The molecule has 0 aliphatic carbocycles. The first kappa shape index (κ1) is 37.8. The van der Waals surface area contributed by atoms with Crippen LogP contribution in [0.25, 0.3) is 0 Å². The molecule has 0 amide bonds. The van der Waals surface area contributed by atoms with E-state index in [4.69, 9.17) is 18.6 Å². The first-order valence-corrected chi connectivity index (χ1v) is 17.9. The summed E-state index contributed by atoms with van der Waals surface area (Å²) in [6.07, 6.45) is 19.8. The van der Waals surface area contributed by atoms with Gasteiger partial charge in [-0.05, 0) is 32.4 Å². The molecule has 5 atom stereocenters. The summed E-state index contributed by atoms with van der Waals surface area (Å²) in [5.74, 6) is -1.24. The van der Waals surface area contributed by atoms with E-state index in [0.29, 0.717) is 34.8 Å². The third-order valence-corrected chi connectivity index (χ3v) is 9.58. The second kappa shape index (κ2) is 19.9. The van der Waals surface area contributed by atoms with Gasteiger partial charge in [0.1, 0.15) is 29.3 Å². The first-order chi connectivity index (χ1) is 22.2. The van der Waals surface area contributed by atoms with Crippen LogP contribution in [0.4, 0.5) is 0 Å². The second-order valence-corrected chi connectivity index (χ2v) is 13.5. The van der Waals surface area contributed by atoms with E-state index in [9.17, 15) is 14.7 Å². The molecule has 258 valence electrons. The van der Waals surface area contributed by atoms with Crippen molar-refractivity contribution in [1.29, 1.82) is 0 Å². The molecular formula is C39H60O7. The van der Waals surface area contributed by atoms with E-state index in [0.717, 1.165) is 19.3 Å². The van der Waals surface area contributed by atoms with Gasteiger partial charge in [0.15, 0.2) is 0 Å². The molecule has 7 nitrogen and oxygen atoms in total. The first-order valence-electron chi connectivity index (χ1n) is 17.9. The number of ether oxygens (including phenoxy) is 3. The second-order valence-electron chi connectivity index (χ2n) is 13.5. The Labute approximate surface area is 277 Å². The fourth-order valence-corrected chi connectivity index (χ4v) is 6.80. The van der Waals surface area contributed by atoms with Crippen LogP contribution < -0.4 is 0 Å². The smallest absolute Gasteiger partial charge is 0.341 e. The zero-order valence-electron chi connectivity index (χ0n) is 29.1. The van der Waals surface area contributed by atoms with Gasteiger partial charge in [-0.15, -0.1) is 0 Å². The largest absolute Gasteiger partial charge is 0.465 e. The van der Waals surface area contributed by atoms with Gasteiger partial charge in [0, 0.05) is 18.9 Å². The molecule has 1 aromatic rings. The van der Waals surface area contributed by atoms with Crippen LogP contribution in [0.15, 0.2) is 46.4 Å². The van der Waals surface area contributed by atoms with Gasteiger partial charge in [-0.25, -0.2) is 9.59 Å². The van der Waals surface area contributed by atoms with Gasteiger partial charge < -0.3 is 23.7 Å². The number of furan rings is 1. The van der Waals surface area contributed by atoms with E-state index < -0.39 is 42.1 Å². The summed E-state index contributed by atoms with van der Waals surface area (Å²) in [6, 6.07) is 1.63. The molecule has 0 saturated heterocycles. The number of aliphatic hydroxyl groups excluding tert-OH is 1.